The Morgan fingerprint density at radius 1 is 1.50 bits per heavy atom. The molecule has 0 aliphatic carbocycles. The number of aromatic hydroxyl groups is 1. The number of hydrogen-bond acceptors (Lipinski definition) is 2. The van der Waals surface area contributed by atoms with Crippen LogP contribution in [0.1, 0.15) is 29.3 Å². The van der Waals surface area contributed by atoms with Crippen molar-refractivity contribution in [2.24, 2.45) is 5.92 Å². The molecule has 0 saturated carbocycles. The summed E-state index contributed by atoms with van der Waals surface area (Å²) in [4.78, 5) is 14.6. The summed E-state index contributed by atoms with van der Waals surface area (Å²) >= 11 is 3.62. The van der Waals surface area contributed by atoms with E-state index in [9.17, 15) is 9.90 Å². The van der Waals surface area contributed by atoms with Crippen molar-refractivity contribution < 1.29 is 9.90 Å². The largest absolute Gasteiger partial charge is 0.507 e. The van der Waals surface area contributed by atoms with Gasteiger partial charge in [-0.3, -0.25) is 4.79 Å². The highest BCUT2D eigenvalue weighted by Crippen LogP contribution is 2.26. The Hall–Kier alpha value is -1.03. The Morgan fingerprint density at radius 3 is 2.83 bits per heavy atom. The van der Waals surface area contributed by atoms with Crippen LogP contribution in [-0.2, 0) is 0 Å². The lowest BCUT2D eigenvalue weighted by atomic mass is 9.99. The number of likely N-dealkylation sites (tertiary alicyclic amines) is 1. The lowest BCUT2D eigenvalue weighted by Crippen LogP contribution is -2.43. The van der Waals surface area contributed by atoms with Gasteiger partial charge in [-0.05, 0) is 37.0 Å². The average Bonchev–Trinajstić information content (AvgIpc) is 2.32. The fraction of sp³-hybridized carbons (Fsp3) is 0.500. The van der Waals surface area contributed by atoms with Crippen molar-refractivity contribution in [2.75, 3.05) is 13.1 Å². The van der Waals surface area contributed by atoms with Crippen LogP contribution in [-0.4, -0.2) is 33.8 Å². The van der Waals surface area contributed by atoms with Crippen LogP contribution < -0.4 is 0 Å². The summed E-state index contributed by atoms with van der Waals surface area (Å²) in [7, 11) is 0. The summed E-state index contributed by atoms with van der Waals surface area (Å²) in [6, 6.07) is 5.19. The second kappa shape index (κ2) is 5.31. The zero-order valence-corrected chi connectivity index (χ0v) is 12.3. The summed E-state index contributed by atoms with van der Waals surface area (Å²) in [5.74, 6) is 0.447. The molecule has 4 heteroatoms. The number of aryl methyl sites for hydroxylation is 1. The van der Waals surface area contributed by atoms with Gasteiger partial charge in [0, 0.05) is 17.9 Å². The number of rotatable bonds is 1. The van der Waals surface area contributed by atoms with Crippen LogP contribution in [0.4, 0.5) is 0 Å². The predicted molar refractivity (Wildman–Crippen MR) is 75.2 cm³/mol. The van der Waals surface area contributed by atoms with Gasteiger partial charge in [0.2, 0.25) is 0 Å². The molecule has 2 unspecified atom stereocenters. The van der Waals surface area contributed by atoms with E-state index in [0.717, 1.165) is 25.1 Å². The maximum absolute atomic E-state index is 12.3. The van der Waals surface area contributed by atoms with Crippen LogP contribution in [0.3, 0.4) is 0 Å². The molecule has 1 fully saturated rings. The maximum atomic E-state index is 12.3. The van der Waals surface area contributed by atoms with E-state index >= 15 is 0 Å². The molecule has 2 atom stereocenters. The summed E-state index contributed by atoms with van der Waals surface area (Å²) in [6.45, 7) is 5.51. The molecule has 0 bridgehead atoms. The molecule has 1 heterocycles. The van der Waals surface area contributed by atoms with Crippen molar-refractivity contribution in [3.05, 3.63) is 29.3 Å². The van der Waals surface area contributed by atoms with E-state index in [4.69, 9.17) is 0 Å². The van der Waals surface area contributed by atoms with Crippen LogP contribution in [0.15, 0.2) is 18.2 Å². The van der Waals surface area contributed by atoms with Gasteiger partial charge in [-0.1, -0.05) is 28.9 Å². The minimum absolute atomic E-state index is 0.0706. The number of phenols is 1. The van der Waals surface area contributed by atoms with Gasteiger partial charge in [-0.15, -0.1) is 0 Å². The standard InChI is InChI=1S/C14H18BrNO2/c1-9-3-4-11(13(17)7-9)14(18)16-6-5-12(15)10(2)8-16/h3-4,7,10,12,17H,5-6,8H2,1-2H3. The molecule has 0 aromatic heterocycles. The van der Waals surface area contributed by atoms with Gasteiger partial charge in [0.05, 0.1) is 5.56 Å². The van der Waals surface area contributed by atoms with E-state index in [0.29, 0.717) is 16.3 Å². The number of phenolic OH excluding ortho intramolecular Hbond substituents is 1. The summed E-state index contributed by atoms with van der Waals surface area (Å²) < 4.78 is 0. The van der Waals surface area contributed by atoms with Crippen molar-refractivity contribution in [3.8, 4) is 5.75 Å². The SMILES string of the molecule is Cc1ccc(C(=O)N2CCC(Br)C(C)C2)c(O)c1. The third-order valence-electron chi connectivity index (χ3n) is 3.47. The van der Waals surface area contributed by atoms with E-state index in [-0.39, 0.29) is 11.7 Å². The second-order valence-corrected chi connectivity index (χ2v) is 6.23. The van der Waals surface area contributed by atoms with Gasteiger partial charge >= 0.3 is 0 Å². The number of amides is 1. The van der Waals surface area contributed by atoms with Crippen LogP contribution in [0, 0.1) is 12.8 Å². The zero-order chi connectivity index (χ0) is 13.3. The molecular weight excluding hydrogens is 294 g/mol. The molecule has 3 nitrogen and oxygen atoms in total. The molecule has 1 aliphatic rings. The van der Waals surface area contributed by atoms with Gasteiger partial charge < -0.3 is 10.0 Å². The summed E-state index contributed by atoms with van der Waals surface area (Å²) in [5, 5.41) is 9.85. The molecule has 1 aromatic rings. The Morgan fingerprint density at radius 2 is 2.22 bits per heavy atom. The summed E-state index contributed by atoms with van der Waals surface area (Å²) in [5.41, 5.74) is 1.36. The predicted octanol–water partition coefficient (Wildman–Crippen LogP) is 2.95. The number of alkyl halides is 1. The zero-order valence-electron chi connectivity index (χ0n) is 10.7. The maximum Gasteiger partial charge on any atom is 0.257 e. The van der Waals surface area contributed by atoms with Crippen LogP contribution in [0.2, 0.25) is 0 Å². The number of hydrogen-bond donors (Lipinski definition) is 1. The van der Waals surface area contributed by atoms with Gasteiger partial charge in [-0.2, -0.15) is 0 Å². The molecule has 1 amide bonds. The first-order valence-electron chi connectivity index (χ1n) is 6.22. The minimum Gasteiger partial charge on any atom is -0.507 e. The van der Waals surface area contributed by atoms with Gasteiger partial charge in [0.15, 0.2) is 0 Å². The highest BCUT2D eigenvalue weighted by Gasteiger charge is 2.28. The molecule has 98 valence electrons. The molecule has 1 aromatic carbocycles. The Labute approximate surface area is 116 Å². The number of piperidine rings is 1. The molecule has 0 radical (unpaired) electrons. The smallest absolute Gasteiger partial charge is 0.257 e. The van der Waals surface area contributed by atoms with Crippen molar-refractivity contribution in [3.63, 3.8) is 0 Å². The van der Waals surface area contributed by atoms with Crippen LogP contribution >= 0.6 is 15.9 Å². The Balaban J connectivity index is 2.16. The molecule has 1 aliphatic heterocycles. The Kier molecular flexibility index (Phi) is 3.95. The lowest BCUT2D eigenvalue weighted by molar-refractivity contribution is 0.0687. The summed E-state index contributed by atoms with van der Waals surface area (Å²) in [6.07, 6.45) is 0.958. The third-order valence-corrected chi connectivity index (χ3v) is 4.83. The Bertz CT molecular complexity index is 461. The van der Waals surface area contributed by atoms with Gasteiger partial charge in [0.1, 0.15) is 5.75 Å². The number of carbonyl (C=O) groups is 1. The first-order valence-corrected chi connectivity index (χ1v) is 7.13. The molecule has 0 spiro atoms. The second-order valence-electron chi connectivity index (χ2n) is 5.05. The van der Waals surface area contributed by atoms with Crippen molar-refractivity contribution >= 4 is 21.8 Å². The molecule has 18 heavy (non-hydrogen) atoms. The third kappa shape index (κ3) is 2.69. The molecular formula is C14H18BrNO2. The van der Waals surface area contributed by atoms with Crippen LogP contribution in [0.25, 0.3) is 0 Å². The number of nitrogens with zero attached hydrogens (tertiary/aromatic N) is 1. The van der Waals surface area contributed by atoms with Crippen molar-refractivity contribution in [2.45, 2.75) is 25.1 Å². The van der Waals surface area contributed by atoms with E-state index < -0.39 is 0 Å². The number of carbonyl (C=O) groups excluding carboxylic acids is 1. The lowest BCUT2D eigenvalue weighted by Gasteiger charge is -2.34. The highest BCUT2D eigenvalue weighted by molar-refractivity contribution is 9.09. The number of halogens is 1. The molecule has 1 N–H and O–H groups in total. The van der Waals surface area contributed by atoms with Gasteiger partial charge in [-0.25, -0.2) is 0 Å². The van der Waals surface area contributed by atoms with E-state index in [1.165, 1.54) is 0 Å². The van der Waals surface area contributed by atoms with Crippen molar-refractivity contribution in [1.82, 2.24) is 4.90 Å². The van der Waals surface area contributed by atoms with E-state index in [1.54, 1.807) is 12.1 Å². The fourth-order valence-corrected chi connectivity index (χ4v) is 2.67. The monoisotopic (exact) mass is 311 g/mol. The highest BCUT2D eigenvalue weighted by atomic mass is 79.9. The quantitative estimate of drug-likeness (QED) is 0.810. The van der Waals surface area contributed by atoms with E-state index in [2.05, 4.69) is 22.9 Å². The fourth-order valence-electron chi connectivity index (χ4n) is 2.29. The van der Waals surface area contributed by atoms with Crippen LogP contribution in [0.5, 0.6) is 5.75 Å². The molecule has 1 saturated heterocycles. The minimum atomic E-state index is -0.0706. The van der Waals surface area contributed by atoms with E-state index in [1.807, 2.05) is 17.9 Å². The topological polar surface area (TPSA) is 40.5 Å². The average molecular weight is 312 g/mol. The molecule has 2 rings (SSSR count). The van der Waals surface area contributed by atoms with Crippen molar-refractivity contribution in [1.29, 1.82) is 0 Å². The normalized spacial score (nSPS) is 24.1. The van der Waals surface area contributed by atoms with Gasteiger partial charge in [0.25, 0.3) is 5.91 Å². The first kappa shape index (κ1) is 13.4. The number of benzene rings is 1. The first-order chi connectivity index (χ1) is 8.49.